The van der Waals surface area contributed by atoms with Crippen LogP contribution in [0.25, 0.3) is 11.0 Å². The van der Waals surface area contributed by atoms with Gasteiger partial charge in [-0.25, -0.2) is 9.42 Å². The Kier molecular flexibility index (Phi) is 7.12. The Balaban J connectivity index is 1.33. The van der Waals surface area contributed by atoms with Crippen LogP contribution in [0.5, 0.6) is 11.5 Å². The second-order valence-electron chi connectivity index (χ2n) is 11.3. The van der Waals surface area contributed by atoms with Crippen molar-refractivity contribution in [3.63, 3.8) is 0 Å². The second kappa shape index (κ2) is 10.7. The molecule has 5 atom stereocenters. The summed E-state index contributed by atoms with van der Waals surface area (Å²) in [6.07, 6.45) is 4.26. The van der Waals surface area contributed by atoms with E-state index in [1.165, 1.54) is 0 Å². The van der Waals surface area contributed by atoms with Gasteiger partial charge in [0.1, 0.15) is 17.6 Å². The third-order valence-electron chi connectivity index (χ3n) is 9.24. The van der Waals surface area contributed by atoms with Gasteiger partial charge in [-0.1, -0.05) is 18.1 Å². The van der Waals surface area contributed by atoms with Gasteiger partial charge in [-0.2, -0.15) is 0 Å². The fraction of sp³-hybridized carbons (Fsp3) is 0.533. The van der Waals surface area contributed by atoms with Crippen molar-refractivity contribution >= 4 is 22.7 Å². The van der Waals surface area contributed by atoms with Gasteiger partial charge < -0.3 is 24.2 Å². The Morgan fingerprint density at radius 2 is 2.00 bits per heavy atom. The summed E-state index contributed by atoms with van der Waals surface area (Å²) >= 11 is 0. The van der Waals surface area contributed by atoms with E-state index in [9.17, 15) is 9.90 Å². The number of methoxy groups -OCH3 is 1. The summed E-state index contributed by atoms with van der Waals surface area (Å²) in [6.45, 7) is 4.34. The van der Waals surface area contributed by atoms with Gasteiger partial charge in [-0.3, -0.25) is 0 Å². The van der Waals surface area contributed by atoms with Crippen molar-refractivity contribution in [3.05, 3.63) is 47.0 Å². The van der Waals surface area contributed by atoms with E-state index >= 15 is 0 Å². The van der Waals surface area contributed by atoms with Crippen molar-refractivity contribution in [2.75, 3.05) is 20.3 Å². The summed E-state index contributed by atoms with van der Waals surface area (Å²) in [5, 5.41) is 23.3. The highest BCUT2D eigenvalue weighted by atomic mass is 16.6. The first kappa shape index (κ1) is 26.6. The lowest BCUT2D eigenvalue weighted by atomic mass is 9.55. The first-order chi connectivity index (χ1) is 19.4. The zero-order valence-electron chi connectivity index (χ0n) is 23.1. The van der Waals surface area contributed by atoms with E-state index in [0.717, 1.165) is 54.5 Å². The van der Waals surface area contributed by atoms with Crippen LogP contribution < -0.4 is 9.47 Å². The number of hydrogen-bond donors (Lipinski definition) is 1. The molecule has 10 nitrogen and oxygen atoms in total. The maximum atomic E-state index is 12.0. The van der Waals surface area contributed by atoms with Crippen molar-refractivity contribution < 1.29 is 33.6 Å². The van der Waals surface area contributed by atoms with Gasteiger partial charge in [0, 0.05) is 5.56 Å². The molecular formula is C30H35N3O7. The number of ether oxygens (including phenoxy) is 3. The summed E-state index contributed by atoms with van der Waals surface area (Å²) < 4.78 is 21.4. The predicted molar refractivity (Wildman–Crippen MR) is 145 cm³/mol. The second-order valence-corrected chi connectivity index (χ2v) is 11.3. The fourth-order valence-corrected chi connectivity index (χ4v) is 7.20. The third-order valence-corrected chi connectivity index (χ3v) is 9.24. The lowest BCUT2D eigenvalue weighted by Crippen LogP contribution is -2.45. The van der Waals surface area contributed by atoms with Crippen LogP contribution in [0.3, 0.4) is 0 Å². The molecule has 2 saturated carbocycles. The molecule has 1 N–H and O–H groups in total. The first-order valence-electron chi connectivity index (χ1n) is 14.0. The molecule has 0 bridgehead atoms. The number of oxime groups is 1. The summed E-state index contributed by atoms with van der Waals surface area (Å²) in [6, 6.07) is 9.57. The van der Waals surface area contributed by atoms with Gasteiger partial charge in [-0.05, 0) is 108 Å². The average Bonchev–Trinajstić information content (AvgIpc) is 3.55. The maximum Gasteiger partial charge on any atom is 0.344 e. The molecule has 1 heterocycles. The van der Waals surface area contributed by atoms with Crippen LogP contribution in [-0.4, -0.2) is 53.5 Å². The van der Waals surface area contributed by atoms with Gasteiger partial charge in [-0.15, -0.1) is 0 Å². The monoisotopic (exact) mass is 549 g/mol. The van der Waals surface area contributed by atoms with Crippen LogP contribution in [0.1, 0.15) is 68.6 Å². The highest BCUT2D eigenvalue weighted by Gasteiger charge is 2.55. The number of aliphatic hydroxyl groups excluding tert-OH is 1. The lowest BCUT2D eigenvalue weighted by molar-refractivity contribution is -0.145. The minimum atomic E-state index is -0.440. The topological polar surface area (TPSA) is 126 Å². The standard InChI is InChI=1S/C30H35N3O7/c1-4-37-29(35)16-38-27-14-21-19(13-26(27)36-3)18-9-10-30(2)22(6-8-28(30)34)20(18)12-24(21)31-39-15-17-5-7-23-25(11-17)33-40-32-23/h5,7,11,13-14,18,20,22,28,34H,4,6,8-10,12,15-16H2,1-3H3/b31-24+/t18?,20?,22?,28-,30-/m0/s1. The van der Waals surface area contributed by atoms with E-state index in [0.29, 0.717) is 40.3 Å². The van der Waals surface area contributed by atoms with E-state index in [1.54, 1.807) is 14.0 Å². The molecule has 10 heteroatoms. The van der Waals surface area contributed by atoms with Crippen LogP contribution in [0.4, 0.5) is 0 Å². The number of carbonyl (C=O) groups is 1. The SMILES string of the molecule is CCOC(=O)COc1cc2c(cc1OC)C1CC[C@@]3(C)C(CC[C@@H]3O)C1C/C2=N\OCc1ccc2nonc2c1. The van der Waals surface area contributed by atoms with E-state index in [1.807, 2.05) is 30.3 Å². The Labute approximate surface area is 232 Å². The Bertz CT molecular complexity index is 1440. The zero-order chi connectivity index (χ0) is 27.9. The summed E-state index contributed by atoms with van der Waals surface area (Å²) in [5.41, 5.74) is 5.09. The quantitative estimate of drug-likeness (QED) is 0.312. The molecule has 3 unspecified atom stereocenters. The Hall–Kier alpha value is -3.66. The smallest absolute Gasteiger partial charge is 0.344 e. The number of aromatic nitrogens is 2. The minimum Gasteiger partial charge on any atom is -0.493 e. The molecule has 2 fully saturated rings. The molecule has 0 saturated heterocycles. The lowest BCUT2D eigenvalue weighted by Gasteiger charge is -2.50. The summed E-state index contributed by atoms with van der Waals surface area (Å²) in [4.78, 5) is 17.9. The number of carbonyl (C=O) groups excluding carboxylic acids is 1. The number of esters is 1. The number of nitrogens with zero attached hydrogens (tertiary/aromatic N) is 3. The molecule has 3 aromatic rings. The molecule has 0 aliphatic heterocycles. The molecule has 0 amide bonds. The van der Waals surface area contributed by atoms with E-state index in [-0.39, 0.29) is 31.3 Å². The van der Waals surface area contributed by atoms with Crippen molar-refractivity contribution in [2.45, 2.75) is 64.6 Å². The Morgan fingerprint density at radius 3 is 2.83 bits per heavy atom. The van der Waals surface area contributed by atoms with Crippen LogP contribution >= 0.6 is 0 Å². The van der Waals surface area contributed by atoms with Crippen LogP contribution in [0.2, 0.25) is 0 Å². The maximum absolute atomic E-state index is 12.0. The van der Waals surface area contributed by atoms with E-state index < -0.39 is 5.97 Å². The molecular weight excluding hydrogens is 514 g/mol. The molecule has 1 aromatic heterocycles. The zero-order valence-corrected chi connectivity index (χ0v) is 23.1. The number of aliphatic hydroxyl groups is 1. The van der Waals surface area contributed by atoms with Gasteiger partial charge in [0.25, 0.3) is 0 Å². The fourth-order valence-electron chi connectivity index (χ4n) is 7.20. The predicted octanol–water partition coefficient (Wildman–Crippen LogP) is 4.77. The first-order valence-corrected chi connectivity index (χ1v) is 14.0. The number of benzene rings is 2. The molecule has 212 valence electrons. The van der Waals surface area contributed by atoms with Crippen molar-refractivity contribution in [1.29, 1.82) is 0 Å². The molecule has 0 spiro atoms. The van der Waals surface area contributed by atoms with E-state index in [4.69, 9.17) is 23.7 Å². The molecule has 3 aliphatic rings. The van der Waals surface area contributed by atoms with Gasteiger partial charge in [0.2, 0.25) is 0 Å². The molecule has 6 rings (SSSR count). The van der Waals surface area contributed by atoms with Crippen LogP contribution in [0.15, 0.2) is 40.1 Å². The molecule has 3 aliphatic carbocycles. The van der Waals surface area contributed by atoms with Crippen LogP contribution in [0, 0.1) is 17.3 Å². The molecule has 40 heavy (non-hydrogen) atoms. The molecule has 0 radical (unpaired) electrons. The molecule has 2 aromatic carbocycles. The normalized spacial score (nSPS) is 28.1. The van der Waals surface area contributed by atoms with E-state index in [2.05, 4.69) is 22.4 Å². The van der Waals surface area contributed by atoms with Crippen LogP contribution in [-0.2, 0) is 21.0 Å². The van der Waals surface area contributed by atoms with Crippen molar-refractivity contribution in [2.24, 2.45) is 22.4 Å². The number of hydrogen-bond acceptors (Lipinski definition) is 10. The van der Waals surface area contributed by atoms with Gasteiger partial charge in [0.15, 0.2) is 18.1 Å². The minimum absolute atomic E-state index is 0.0849. The van der Waals surface area contributed by atoms with Gasteiger partial charge >= 0.3 is 5.97 Å². The third kappa shape index (κ3) is 4.68. The van der Waals surface area contributed by atoms with Gasteiger partial charge in [0.05, 0.1) is 25.5 Å². The average molecular weight is 550 g/mol. The largest absolute Gasteiger partial charge is 0.493 e. The number of fused-ring (bicyclic) bond motifs is 6. The summed E-state index contributed by atoms with van der Waals surface area (Å²) in [5.74, 6) is 1.63. The van der Waals surface area contributed by atoms with Crippen molar-refractivity contribution in [3.8, 4) is 11.5 Å². The highest BCUT2D eigenvalue weighted by molar-refractivity contribution is 6.03. The summed E-state index contributed by atoms with van der Waals surface area (Å²) in [7, 11) is 1.60. The highest BCUT2D eigenvalue weighted by Crippen LogP contribution is 2.61. The Morgan fingerprint density at radius 1 is 1.15 bits per heavy atom. The van der Waals surface area contributed by atoms with Crippen molar-refractivity contribution in [1.82, 2.24) is 10.3 Å². The number of rotatable bonds is 8.